The van der Waals surface area contributed by atoms with Crippen molar-refractivity contribution >= 4 is 28.9 Å². The number of nitrogens with two attached hydrogens (primary N) is 1. The number of anilines is 2. The summed E-state index contributed by atoms with van der Waals surface area (Å²) in [4.78, 5) is 16.0. The molecule has 0 bridgehead atoms. The number of aromatic nitrogens is 1. The van der Waals surface area contributed by atoms with Crippen LogP contribution in [0.5, 0.6) is 0 Å². The first kappa shape index (κ1) is 12.4. The molecule has 5 heteroatoms. The van der Waals surface area contributed by atoms with Gasteiger partial charge in [0.05, 0.1) is 11.3 Å². The predicted octanol–water partition coefficient (Wildman–Crippen LogP) is 2.88. The van der Waals surface area contributed by atoms with Crippen molar-refractivity contribution < 1.29 is 4.79 Å². The summed E-state index contributed by atoms with van der Waals surface area (Å²) in [6, 6.07) is 8.61. The molecule has 0 atom stereocenters. The molecule has 0 saturated heterocycles. The number of amides is 1. The minimum atomic E-state index is -0.303. The second-order valence-electron chi connectivity index (χ2n) is 3.89. The van der Waals surface area contributed by atoms with Crippen LogP contribution in [0.2, 0.25) is 5.15 Å². The Morgan fingerprint density at radius 1 is 1.39 bits per heavy atom. The standard InChI is InChI=1S/C13H12ClN3O/c1-8-6-11(12(14)16-7-8)17-13(18)9-4-2-3-5-10(9)15/h2-7H,15H2,1H3,(H,17,18). The van der Waals surface area contributed by atoms with E-state index >= 15 is 0 Å². The summed E-state index contributed by atoms with van der Waals surface area (Å²) in [5.74, 6) is -0.303. The first-order chi connectivity index (χ1) is 8.58. The van der Waals surface area contributed by atoms with Gasteiger partial charge in [-0.3, -0.25) is 4.79 Å². The average molecular weight is 262 g/mol. The lowest BCUT2D eigenvalue weighted by Crippen LogP contribution is -2.14. The number of hydrogen-bond donors (Lipinski definition) is 2. The Hall–Kier alpha value is -2.07. The van der Waals surface area contributed by atoms with Gasteiger partial charge in [0, 0.05) is 11.9 Å². The maximum atomic E-state index is 12.0. The number of para-hydroxylation sites is 1. The van der Waals surface area contributed by atoms with Gasteiger partial charge in [-0.15, -0.1) is 0 Å². The van der Waals surface area contributed by atoms with Crippen molar-refractivity contribution in [3.05, 3.63) is 52.8 Å². The summed E-state index contributed by atoms with van der Waals surface area (Å²) < 4.78 is 0. The molecule has 1 heterocycles. The van der Waals surface area contributed by atoms with Crippen LogP contribution in [0.1, 0.15) is 15.9 Å². The molecule has 0 aliphatic heterocycles. The lowest BCUT2D eigenvalue weighted by atomic mass is 10.1. The van der Waals surface area contributed by atoms with Gasteiger partial charge < -0.3 is 11.1 Å². The first-order valence-corrected chi connectivity index (χ1v) is 5.73. The number of nitrogens with zero attached hydrogens (tertiary/aromatic N) is 1. The van der Waals surface area contributed by atoms with Gasteiger partial charge in [-0.1, -0.05) is 23.7 Å². The highest BCUT2D eigenvalue weighted by Gasteiger charge is 2.11. The molecule has 3 N–H and O–H groups in total. The van der Waals surface area contributed by atoms with Gasteiger partial charge in [0.15, 0.2) is 5.15 Å². The smallest absolute Gasteiger partial charge is 0.257 e. The second kappa shape index (κ2) is 5.06. The van der Waals surface area contributed by atoms with Crippen molar-refractivity contribution in [1.82, 2.24) is 4.98 Å². The molecule has 4 nitrogen and oxygen atoms in total. The molecule has 0 saturated carbocycles. The van der Waals surface area contributed by atoms with Gasteiger partial charge in [-0.2, -0.15) is 0 Å². The van der Waals surface area contributed by atoms with Crippen molar-refractivity contribution in [1.29, 1.82) is 0 Å². The maximum Gasteiger partial charge on any atom is 0.257 e. The summed E-state index contributed by atoms with van der Waals surface area (Å²) in [5.41, 5.74) is 7.96. The zero-order valence-corrected chi connectivity index (χ0v) is 10.5. The van der Waals surface area contributed by atoms with E-state index < -0.39 is 0 Å². The molecule has 0 spiro atoms. The van der Waals surface area contributed by atoms with E-state index in [0.29, 0.717) is 16.9 Å². The molecule has 18 heavy (non-hydrogen) atoms. The van der Waals surface area contributed by atoms with Crippen LogP contribution in [-0.4, -0.2) is 10.9 Å². The van der Waals surface area contributed by atoms with E-state index in [-0.39, 0.29) is 11.1 Å². The average Bonchev–Trinajstić information content (AvgIpc) is 2.34. The quantitative estimate of drug-likeness (QED) is 0.645. The SMILES string of the molecule is Cc1cnc(Cl)c(NC(=O)c2ccccc2N)c1. The lowest BCUT2D eigenvalue weighted by Gasteiger charge is -2.08. The highest BCUT2D eigenvalue weighted by Crippen LogP contribution is 2.21. The van der Waals surface area contributed by atoms with Crippen LogP contribution >= 0.6 is 11.6 Å². The molecular formula is C13H12ClN3O. The lowest BCUT2D eigenvalue weighted by molar-refractivity contribution is 0.102. The van der Waals surface area contributed by atoms with Crippen LogP contribution in [0.15, 0.2) is 36.5 Å². The molecule has 92 valence electrons. The third kappa shape index (κ3) is 2.60. The van der Waals surface area contributed by atoms with E-state index in [0.717, 1.165) is 5.56 Å². The predicted molar refractivity (Wildman–Crippen MR) is 72.8 cm³/mol. The van der Waals surface area contributed by atoms with Crippen LogP contribution in [0.25, 0.3) is 0 Å². The molecule has 1 amide bonds. The third-order valence-corrected chi connectivity index (χ3v) is 2.73. The number of carbonyl (C=O) groups is 1. The number of benzene rings is 1. The van der Waals surface area contributed by atoms with Crippen molar-refractivity contribution in [3.63, 3.8) is 0 Å². The van der Waals surface area contributed by atoms with Crippen molar-refractivity contribution in [3.8, 4) is 0 Å². The van der Waals surface area contributed by atoms with Gasteiger partial charge in [-0.25, -0.2) is 4.98 Å². The fourth-order valence-electron chi connectivity index (χ4n) is 1.53. The Morgan fingerprint density at radius 3 is 2.83 bits per heavy atom. The topological polar surface area (TPSA) is 68.0 Å². The third-order valence-electron chi connectivity index (χ3n) is 2.43. The number of nitrogen functional groups attached to an aromatic ring is 1. The molecule has 0 aliphatic rings. The summed E-state index contributed by atoms with van der Waals surface area (Å²) in [6.45, 7) is 1.87. The highest BCUT2D eigenvalue weighted by atomic mass is 35.5. The van der Waals surface area contributed by atoms with E-state index in [9.17, 15) is 4.79 Å². The molecular weight excluding hydrogens is 250 g/mol. The van der Waals surface area contributed by atoms with E-state index in [1.807, 2.05) is 6.92 Å². The highest BCUT2D eigenvalue weighted by molar-refractivity contribution is 6.32. The molecule has 1 aromatic heterocycles. The van der Waals surface area contributed by atoms with Gasteiger partial charge in [-0.05, 0) is 30.7 Å². The Kier molecular flexibility index (Phi) is 3.48. The van der Waals surface area contributed by atoms with Crippen molar-refractivity contribution in [2.45, 2.75) is 6.92 Å². The largest absolute Gasteiger partial charge is 0.398 e. The summed E-state index contributed by atoms with van der Waals surface area (Å²) in [6.07, 6.45) is 1.63. The van der Waals surface area contributed by atoms with Crippen LogP contribution < -0.4 is 11.1 Å². The van der Waals surface area contributed by atoms with Gasteiger partial charge in [0.2, 0.25) is 0 Å². The Balaban J connectivity index is 2.27. The maximum absolute atomic E-state index is 12.0. The second-order valence-corrected chi connectivity index (χ2v) is 4.25. The summed E-state index contributed by atoms with van der Waals surface area (Å²) in [5, 5.41) is 2.95. The summed E-state index contributed by atoms with van der Waals surface area (Å²) >= 11 is 5.91. The van der Waals surface area contributed by atoms with E-state index in [2.05, 4.69) is 10.3 Å². The number of carbonyl (C=O) groups excluding carboxylic acids is 1. The first-order valence-electron chi connectivity index (χ1n) is 5.36. The van der Waals surface area contributed by atoms with Gasteiger partial charge >= 0.3 is 0 Å². The fraction of sp³-hybridized carbons (Fsp3) is 0.0769. The number of pyridine rings is 1. The number of halogens is 1. The minimum Gasteiger partial charge on any atom is -0.398 e. The zero-order chi connectivity index (χ0) is 13.1. The molecule has 0 unspecified atom stereocenters. The zero-order valence-electron chi connectivity index (χ0n) is 9.77. The number of rotatable bonds is 2. The van der Waals surface area contributed by atoms with E-state index in [1.165, 1.54) is 0 Å². The fourth-order valence-corrected chi connectivity index (χ4v) is 1.68. The normalized spacial score (nSPS) is 10.1. The Morgan fingerprint density at radius 2 is 2.11 bits per heavy atom. The van der Waals surface area contributed by atoms with Gasteiger partial charge in [0.25, 0.3) is 5.91 Å². The molecule has 2 rings (SSSR count). The van der Waals surface area contributed by atoms with Crippen molar-refractivity contribution in [2.24, 2.45) is 0 Å². The molecule has 2 aromatic rings. The molecule has 0 aliphatic carbocycles. The monoisotopic (exact) mass is 261 g/mol. The number of nitrogens with one attached hydrogen (secondary N) is 1. The van der Waals surface area contributed by atoms with Gasteiger partial charge in [0.1, 0.15) is 0 Å². The van der Waals surface area contributed by atoms with Crippen LogP contribution in [0.4, 0.5) is 11.4 Å². The van der Waals surface area contributed by atoms with E-state index in [4.69, 9.17) is 17.3 Å². The van der Waals surface area contributed by atoms with Crippen LogP contribution in [0, 0.1) is 6.92 Å². The number of aryl methyl sites for hydroxylation is 1. The summed E-state index contributed by atoms with van der Waals surface area (Å²) in [7, 11) is 0. The van der Waals surface area contributed by atoms with Crippen LogP contribution in [-0.2, 0) is 0 Å². The Bertz CT molecular complexity index is 599. The minimum absolute atomic E-state index is 0.253. The van der Waals surface area contributed by atoms with E-state index in [1.54, 1.807) is 36.5 Å². The Labute approximate surface area is 110 Å². The molecule has 0 fully saturated rings. The van der Waals surface area contributed by atoms with Crippen LogP contribution in [0.3, 0.4) is 0 Å². The molecule has 0 radical (unpaired) electrons. The van der Waals surface area contributed by atoms with Crippen molar-refractivity contribution in [2.75, 3.05) is 11.1 Å². The number of hydrogen-bond acceptors (Lipinski definition) is 3. The molecule has 1 aromatic carbocycles.